The molecule has 20 heavy (non-hydrogen) atoms. The minimum atomic E-state index is -0.788. The molecule has 3 heteroatoms. The van der Waals surface area contributed by atoms with Crippen LogP contribution in [-0.2, 0) is 4.79 Å². The van der Waals surface area contributed by atoms with Gasteiger partial charge in [-0.1, -0.05) is 42.5 Å². The van der Waals surface area contributed by atoms with Crippen LogP contribution < -0.4 is 0 Å². The van der Waals surface area contributed by atoms with Crippen LogP contribution in [0, 0.1) is 0 Å². The predicted molar refractivity (Wildman–Crippen MR) is 78.8 cm³/mol. The van der Waals surface area contributed by atoms with Crippen molar-refractivity contribution < 1.29 is 9.90 Å². The van der Waals surface area contributed by atoms with Crippen molar-refractivity contribution in [3.63, 3.8) is 0 Å². The Morgan fingerprint density at radius 2 is 1.90 bits per heavy atom. The summed E-state index contributed by atoms with van der Waals surface area (Å²) in [6.45, 7) is 0. The Balaban J connectivity index is 2.16. The molecule has 0 aliphatic carbocycles. The molecule has 0 spiro atoms. The van der Waals surface area contributed by atoms with Crippen LogP contribution in [0.3, 0.4) is 0 Å². The second-order valence-corrected chi connectivity index (χ2v) is 4.86. The van der Waals surface area contributed by atoms with E-state index >= 15 is 0 Å². The minimum Gasteiger partial charge on any atom is -0.481 e. The number of carbonyl (C=O) groups is 1. The number of H-pyrrole nitrogens is 1. The van der Waals surface area contributed by atoms with Crippen LogP contribution in [0.1, 0.15) is 23.5 Å². The Kier molecular flexibility index (Phi) is 3.25. The highest BCUT2D eigenvalue weighted by molar-refractivity contribution is 5.87. The van der Waals surface area contributed by atoms with Gasteiger partial charge in [-0.15, -0.1) is 0 Å². The third-order valence-electron chi connectivity index (χ3n) is 3.60. The first kappa shape index (κ1) is 12.5. The van der Waals surface area contributed by atoms with Gasteiger partial charge in [-0.2, -0.15) is 0 Å². The summed E-state index contributed by atoms with van der Waals surface area (Å²) in [7, 11) is 0. The van der Waals surface area contributed by atoms with Gasteiger partial charge in [0, 0.05) is 18.3 Å². The molecular weight excluding hydrogens is 250 g/mol. The van der Waals surface area contributed by atoms with Gasteiger partial charge in [-0.25, -0.2) is 0 Å². The number of fused-ring (bicyclic) bond motifs is 1. The zero-order chi connectivity index (χ0) is 13.9. The zero-order valence-electron chi connectivity index (χ0n) is 10.9. The van der Waals surface area contributed by atoms with Crippen LogP contribution in [0.4, 0.5) is 0 Å². The average Bonchev–Trinajstić information content (AvgIpc) is 2.98. The maximum absolute atomic E-state index is 11.2. The van der Waals surface area contributed by atoms with E-state index in [2.05, 4.69) is 4.98 Å². The Morgan fingerprint density at radius 3 is 2.65 bits per heavy atom. The van der Waals surface area contributed by atoms with Gasteiger partial charge < -0.3 is 10.1 Å². The number of carboxylic acids is 1. The van der Waals surface area contributed by atoms with Gasteiger partial charge in [0.1, 0.15) is 0 Å². The molecule has 3 nitrogen and oxygen atoms in total. The summed E-state index contributed by atoms with van der Waals surface area (Å²) in [5.41, 5.74) is 2.06. The molecule has 0 aliphatic heterocycles. The van der Waals surface area contributed by atoms with Crippen LogP contribution in [-0.4, -0.2) is 16.1 Å². The first-order valence-electron chi connectivity index (χ1n) is 6.58. The van der Waals surface area contributed by atoms with Crippen molar-refractivity contribution in [1.29, 1.82) is 0 Å². The first-order valence-corrected chi connectivity index (χ1v) is 6.58. The molecule has 3 rings (SSSR count). The van der Waals surface area contributed by atoms with Gasteiger partial charge >= 0.3 is 5.97 Å². The second kappa shape index (κ2) is 5.21. The van der Waals surface area contributed by atoms with Crippen molar-refractivity contribution in [3.8, 4) is 0 Å². The molecule has 0 radical (unpaired) electrons. The number of aromatic nitrogens is 1. The smallest absolute Gasteiger partial charge is 0.304 e. The SMILES string of the molecule is O=C(O)CC(c1cc[nH]c1)c1cccc2ccccc12. The lowest BCUT2D eigenvalue weighted by Crippen LogP contribution is -2.07. The normalized spacial score (nSPS) is 12.4. The molecular formula is C17H15NO2. The molecule has 2 N–H and O–H groups in total. The molecule has 3 aromatic rings. The van der Waals surface area contributed by atoms with E-state index in [0.29, 0.717) is 0 Å². The molecule has 0 bridgehead atoms. The molecule has 1 unspecified atom stereocenters. The van der Waals surface area contributed by atoms with Crippen molar-refractivity contribution >= 4 is 16.7 Å². The van der Waals surface area contributed by atoms with E-state index in [4.69, 9.17) is 0 Å². The lowest BCUT2D eigenvalue weighted by molar-refractivity contribution is -0.137. The summed E-state index contributed by atoms with van der Waals surface area (Å²) >= 11 is 0. The maximum atomic E-state index is 11.2. The van der Waals surface area contributed by atoms with Gasteiger partial charge in [0.15, 0.2) is 0 Å². The monoisotopic (exact) mass is 265 g/mol. The van der Waals surface area contributed by atoms with Crippen molar-refractivity contribution in [2.45, 2.75) is 12.3 Å². The van der Waals surface area contributed by atoms with E-state index in [-0.39, 0.29) is 12.3 Å². The van der Waals surface area contributed by atoms with Crippen LogP contribution in [0.2, 0.25) is 0 Å². The average molecular weight is 265 g/mol. The molecule has 0 saturated heterocycles. The summed E-state index contributed by atoms with van der Waals surface area (Å²) in [4.78, 5) is 14.2. The minimum absolute atomic E-state index is 0.0891. The largest absolute Gasteiger partial charge is 0.481 e. The molecule has 1 aromatic heterocycles. The predicted octanol–water partition coefficient (Wildman–Crippen LogP) is 3.77. The van der Waals surface area contributed by atoms with E-state index < -0.39 is 5.97 Å². The van der Waals surface area contributed by atoms with Crippen LogP contribution >= 0.6 is 0 Å². The Labute approximate surface area is 116 Å². The second-order valence-electron chi connectivity index (χ2n) is 4.86. The summed E-state index contributed by atoms with van der Waals surface area (Å²) in [5, 5.41) is 11.5. The van der Waals surface area contributed by atoms with E-state index in [9.17, 15) is 9.90 Å². The van der Waals surface area contributed by atoms with Crippen LogP contribution in [0.25, 0.3) is 10.8 Å². The lowest BCUT2D eigenvalue weighted by Gasteiger charge is -2.16. The number of carboxylic acid groups (broad SMARTS) is 1. The number of benzene rings is 2. The zero-order valence-corrected chi connectivity index (χ0v) is 10.9. The quantitative estimate of drug-likeness (QED) is 0.754. The Bertz CT molecular complexity index is 726. The van der Waals surface area contributed by atoms with Crippen molar-refractivity contribution in [2.75, 3.05) is 0 Å². The standard InChI is InChI=1S/C17H15NO2/c19-17(20)10-16(13-8-9-18-11-13)15-7-3-5-12-4-1-2-6-14(12)15/h1-9,11,16,18H,10H2,(H,19,20). The molecule has 2 aromatic carbocycles. The number of rotatable bonds is 4. The highest BCUT2D eigenvalue weighted by atomic mass is 16.4. The molecule has 0 saturated carbocycles. The number of hydrogen-bond acceptors (Lipinski definition) is 1. The van der Waals surface area contributed by atoms with E-state index in [1.165, 1.54) is 0 Å². The molecule has 0 fully saturated rings. The number of aliphatic carboxylic acids is 1. The maximum Gasteiger partial charge on any atom is 0.304 e. The summed E-state index contributed by atoms with van der Waals surface area (Å²) in [5.74, 6) is -0.922. The van der Waals surface area contributed by atoms with Crippen LogP contribution in [0.5, 0.6) is 0 Å². The van der Waals surface area contributed by atoms with Crippen LogP contribution in [0.15, 0.2) is 60.9 Å². The third kappa shape index (κ3) is 2.30. The fraction of sp³-hybridized carbons (Fsp3) is 0.118. The summed E-state index contributed by atoms with van der Waals surface area (Å²) < 4.78 is 0. The third-order valence-corrected chi connectivity index (χ3v) is 3.60. The highest BCUT2D eigenvalue weighted by Crippen LogP contribution is 2.33. The number of aromatic amines is 1. The van der Waals surface area contributed by atoms with Gasteiger partial charge in [0.2, 0.25) is 0 Å². The van der Waals surface area contributed by atoms with E-state index in [1.54, 1.807) is 0 Å². The molecule has 0 amide bonds. The Morgan fingerprint density at radius 1 is 1.10 bits per heavy atom. The van der Waals surface area contributed by atoms with Crippen molar-refractivity contribution in [2.24, 2.45) is 0 Å². The van der Waals surface area contributed by atoms with Gasteiger partial charge in [0.25, 0.3) is 0 Å². The number of hydrogen-bond donors (Lipinski definition) is 2. The van der Waals surface area contributed by atoms with Crippen molar-refractivity contribution in [3.05, 3.63) is 72.1 Å². The van der Waals surface area contributed by atoms with Gasteiger partial charge in [-0.3, -0.25) is 4.79 Å². The first-order chi connectivity index (χ1) is 9.75. The molecule has 100 valence electrons. The highest BCUT2D eigenvalue weighted by Gasteiger charge is 2.20. The van der Waals surface area contributed by atoms with Gasteiger partial charge in [0.05, 0.1) is 6.42 Å². The lowest BCUT2D eigenvalue weighted by atomic mass is 9.87. The fourth-order valence-electron chi connectivity index (χ4n) is 2.69. The molecule has 1 heterocycles. The molecule has 0 aliphatic rings. The number of nitrogens with one attached hydrogen (secondary N) is 1. The fourth-order valence-corrected chi connectivity index (χ4v) is 2.69. The van der Waals surface area contributed by atoms with Crippen molar-refractivity contribution in [1.82, 2.24) is 4.98 Å². The summed E-state index contributed by atoms with van der Waals surface area (Å²) in [6.07, 6.45) is 3.79. The van der Waals surface area contributed by atoms with Gasteiger partial charge in [-0.05, 0) is 28.0 Å². The van der Waals surface area contributed by atoms with E-state index in [0.717, 1.165) is 21.9 Å². The topological polar surface area (TPSA) is 53.1 Å². The summed E-state index contributed by atoms with van der Waals surface area (Å²) in [6, 6.07) is 16.1. The Hall–Kier alpha value is -2.55. The molecule has 1 atom stereocenters. The van der Waals surface area contributed by atoms with E-state index in [1.807, 2.05) is 60.9 Å².